The van der Waals surface area contributed by atoms with Crippen molar-refractivity contribution in [3.8, 4) is 5.75 Å². The normalized spacial score (nSPS) is 15.8. The average Bonchev–Trinajstić information content (AvgIpc) is 2.55. The van der Waals surface area contributed by atoms with E-state index >= 15 is 0 Å². The quantitative estimate of drug-likeness (QED) is 0.799. The zero-order valence-corrected chi connectivity index (χ0v) is 15.7. The van der Waals surface area contributed by atoms with Crippen LogP contribution in [0.4, 0.5) is 10.5 Å². The van der Waals surface area contributed by atoms with Gasteiger partial charge in [0, 0.05) is 31.9 Å². The fourth-order valence-corrected chi connectivity index (χ4v) is 2.75. The van der Waals surface area contributed by atoms with Crippen molar-refractivity contribution < 1.29 is 19.0 Å². The van der Waals surface area contributed by atoms with Crippen molar-refractivity contribution in [2.75, 3.05) is 38.3 Å². The highest BCUT2D eigenvalue weighted by Gasteiger charge is 2.23. The number of carbonyl (C=O) groups excluding carboxylic acids is 1. The second-order valence-corrected chi connectivity index (χ2v) is 7.24. The van der Waals surface area contributed by atoms with Crippen molar-refractivity contribution in [3.05, 3.63) is 24.3 Å². The van der Waals surface area contributed by atoms with Gasteiger partial charge in [-0.3, -0.25) is 0 Å². The molecule has 0 saturated carbocycles. The Morgan fingerprint density at radius 1 is 1.16 bits per heavy atom. The maximum atomic E-state index is 11.9. The van der Waals surface area contributed by atoms with Gasteiger partial charge in [-0.05, 0) is 57.9 Å². The highest BCUT2D eigenvalue weighted by molar-refractivity contribution is 5.68. The van der Waals surface area contributed by atoms with E-state index in [-0.39, 0.29) is 12.1 Å². The molecule has 6 heteroatoms. The molecule has 1 aliphatic heterocycles. The van der Waals surface area contributed by atoms with Gasteiger partial charge in [0.05, 0.1) is 6.61 Å². The molecule has 1 heterocycles. The molecule has 1 N–H and O–H groups in total. The molecule has 1 fully saturated rings. The van der Waals surface area contributed by atoms with E-state index in [2.05, 4.69) is 22.3 Å². The molecule has 1 amide bonds. The monoisotopic (exact) mass is 350 g/mol. The van der Waals surface area contributed by atoms with Gasteiger partial charge in [0.2, 0.25) is 0 Å². The molecular formula is C19H30N2O4. The third-order valence-electron chi connectivity index (χ3n) is 3.97. The van der Waals surface area contributed by atoms with E-state index in [9.17, 15) is 4.79 Å². The summed E-state index contributed by atoms with van der Waals surface area (Å²) in [6.07, 6.45) is 1.49. The van der Waals surface area contributed by atoms with Crippen LogP contribution in [0.1, 0.15) is 33.6 Å². The van der Waals surface area contributed by atoms with E-state index in [1.165, 1.54) is 5.69 Å². The van der Waals surface area contributed by atoms with Gasteiger partial charge in [-0.1, -0.05) is 0 Å². The lowest BCUT2D eigenvalue weighted by Crippen LogP contribution is -2.46. The van der Waals surface area contributed by atoms with Gasteiger partial charge in [0.15, 0.2) is 0 Å². The van der Waals surface area contributed by atoms with Gasteiger partial charge in [0.1, 0.15) is 18.0 Å². The van der Waals surface area contributed by atoms with Gasteiger partial charge >= 0.3 is 6.09 Å². The first-order chi connectivity index (χ1) is 11.9. The predicted octanol–water partition coefficient (Wildman–Crippen LogP) is 3.21. The first-order valence-electron chi connectivity index (χ1n) is 8.83. The van der Waals surface area contributed by atoms with Crippen molar-refractivity contribution >= 4 is 11.8 Å². The minimum Gasteiger partial charge on any atom is -0.491 e. The number of hydrogen-bond acceptors (Lipinski definition) is 5. The number of methoxy groups -OCH3 is 1. The molecule has 0 spiro atoms. The molecule has 1 aromatic carbocycles. The lowest BCUT2D eigenvalue weighted by molar-refractivity contribution is 0.0497. The number of anilines is 1. The molecule has 0 aromatic heterocycles. The molecule has 1 aliphatic rings. The Labute approximate surface area is 150 Å². The van der Waals surface area contributed by atoms with Crippen molar-refractivity contribution in [3.63, 3.8) is 0 Å². The summed E-state index contributed by atoms with van der Waals surface area (Å²) in [6, 6.07) is 8.28. The van der Waals surface area contributed by atoms with Gasteiger partial charge in [0.25, 0.3) is 0 Å². The van der Waals surface area contributed by atoms with Gasteiger partial charge in [-0.2, -0.15) is 0 Å². The van der Waals surface area contributed by atoms with E-state index in [1.807, 2.05) is 32.9 Å². The number of piperidine rings is 1. The molecule has 0 radical (unpaired) electrons. The number of carbonyl (C=O) groups is 1. The number of nitrogens with zero attached hydrogens (tertiary/aromatic N) is 1. The summed E-state index contributed by atoms with van der Waals surface area (Å²) in [5.41, 5.74) is 0.715. The van der Waals surface area contributed by atoms with Crippen molar-refractivity contribution in [2.24, 2.45) is 0 Å². The van der Waals surface area contributed by atoms with Gasteiger partial charge in [-0.25, -0.2) is 4.79 Å². The number of alkyl carbamates (subject to hydrolysis) is 1. The first kappa shape index (κ1) is 19.4. The molecule has 6 nitrogen and oxygen atoms in total. The number of amides is 1. The standard InChI is InChI=1S/C19H30N2O4/c1-19(2,3)25-18(22)20-15-9-11-21(12-10-15)16-5-7-17(8-6-16)24-14-13-23-4/h5-8,15H,9-14H2,1-4H3,(H,20,22). The Morgan fingerprint density at radius 2 is 1.80 bits per heavy atom. The van der Waals surface area contributed by atoms with Crippen molar-refractivity contribution in [2.45, 2.75) is 45.3 Å². The summed E-state index contributed by atoms with van der Waals surface area (Å²) in [6.45, 7) is 8.57. The predicted molar refractivity (Wildman–Crippen MR) is 98.4 cm³/mol. The minimum absolute atomic E-state index is 0.169. The molecule has 2 rings (SSSR count). The number of hydrogen-bond donors (Lipinski definition) is 1. The van der Waals surface area contributed by atoms with E-state index < -0.39 is 5.60 Å². The van der Waals surface area contributed by atoms with Crippen LogP contribution in [0.25, 0.3) is 0 Å². The minimum atomic E-state index is -0.460. The van der Waals surface area contributed by atoms with Crippen molar-refractivity contribution in [1.82, 2.24) is 5.32 Å². The molecule has 1 aromatic rings. The highest BCUT2D eigenvalue weighted by atomic mass is 16.6. The lowest BCUT2D eigenvalue weighted by atomic mass is 10.0. The Morgan fingerprint density at radius 3 is 2.36 bits per heavy atom. The molecule has 140 valence electrons. The Kier molecular flexibility index (Phi) is 6.93. The summed E-state index contributed by atoms with van der Waals surface area (Å²) in [4.78, 5) is 14.2. The maximum absolute atomic E-state index is 11.9. The molecule has 0 unspecified atom stereocenters. The molecule has 0 aliphatic carbocycles. The summed E-state index contributed by atoms with van der Waals surface area (Å²) >= 11 is 0. The third kappa shape index (κ3) is 6.82. The van der Waals surface area contributed by atoms with Crippen LogP contribution in [0, 0.1) is 0 Å². The summed E-state index contributed by atoms with van der Waals surface area (Å²) in [7, 11) is 1.66. The first-order valence-corrected chi connectivity index (χ1v) is 8.83. The Balaban J connectivity index is 1.77. The largest absolute Gasteiger partial charge is 0.491 e. The number of rotatable bonds is 6. The van der Waals surface area contributed by atoms with Crippen LogP contribution in [0.2, 0.25) is 0 Å². The van der Waals surface area contributed by atoms with Crippen LogP contribution < -0.4 is 15.0 Å². The average molecular weight is 350 g/mol. The molecule has 0 bridgehead atoms. The second kappa shape index (κ2) is 8.94. The smallest absolute Gasteiger partial charge is 0.407 e. The summed E-state index contributed by atoms with van der Waals surface area (Å²) in [5.74, 6) is 0.849. The Bertz CT molecular complexity index is 531. The van der Waals surface area contributed by atoms with E-state index in [0.29, 0.717) is 13.2 Å². The van der Waals surface area contributed by atoms with Crippen molar-refractivity contribution in [1.29, 1.82) is 0 Å². The lowest BCUT2D eigenvalue weighted by Gasteiger charge is -2.34. The van der Waals surface area contributed by atoms with E-state index in [1.54, 1.807) is 7.11 Å². The maximum Gasteiger partial charge on any atom is 0.407 e. The molecule has 0 atom stereocenters. The van der Waals surface area contributed by atoms with Crippen LogP contribution in [0.5, 0.6) is 5.75 Å². The zero-order valence-electron chi connectivity index (χ0n) is 15.7. The fraction of sp³-hybridized carbons (Fsp3) is 0.632. The molecule has 25 heavy (non-hydrogen) atoms. The zero-order chi connectivity index (χ0) is 18.3. The summed E-state index contributed by atoms with van der Waals surface area (Å²) < 4.78 is 15.9. The molecular weight excluding hydrogens is 320 g/mol. The van der Waals surface area contributed by atoms with Crippen LogP contribution >= 0.6 is 0 Å². The van der Waals surface area contributed by atoms with Crippen LogP contribution in [-0.2, 0) is 9.47 Å². The highest BCUT2D eigenvalue weighted by Crippen LogP contribution is 2.23. The number of benzene rings is 1. The SMILES string of the molecule is COCCOc1ccc(N2CCC(NC(=O)OC(C)(C)C)CC2)cc1. The molecule has 1 saturated heterocycles. The van der Waals surface area contributed by atoms with Crippen LogP contribution in [0.15, 0.2) is 24.3 Å². The number of ether oxygens (including phenoxy) is 3. The topological polar surface area (TPSA) is 60.0 Å². The van der Waals surface area contributed by atoms with Gasteiger partial charge < -0.3 is 24.4 Å². The Hall–Kier alpha value is -1.95. The fourth-order valence-electron chi connectivity index (χ4n) is 2.75. The van der Waals surface area contributed by atoms with E-state index in [0.717, 1.165) is 31.7 Å². The summed E-state index contributed by atoms with van der Waals surface area (Å²) in [5, 5.41) is 2.97. The second-order valence-electron chi connectivity index (χ2n) is 7.24. The van der Waals surface area contributed by atoms with Crippen LogP contribution in [0.3, 0.4) is 0 Å². The van der Waals surface area contributed by atoms with Crippen LogP contribution in [-0.4, -0.2) is 51.1 Å². The van der Waals surface area contributed by atoms with E-state index in [4.69, 9.17) is 14.2 Å². The number of nitrogens with one attached hydrogen (secondary N) is 1. The third-order valence-corrected chi connectivity index (χ3v) is 3.97. The van der Waals surface area contributed by atoms with Gasteiger partial charge in [-0.15, -0.1) is 0 Å².